The fourth-order valence-corrected chi connectivity index (χ4v) is 5.52. The van der Waals surface area contributed by atoms with Crippen molar-refractivity contribution in [1.29, 1.82) is 0 Å². The SMILES string of the molecule is O=C(C[C@H]1CC[C@H](C(=O)O)CC1)N1CCc2c(n(Cc3cc(F)cc(F)c3)c3ncccc23)C1. The molecule has 5 rings (SSSR count). The Labute approximate surface area is 196 Å². The number of aliphatic carboxylic acids is 1. The number of carbonyl (C=O) groups is 2. The Hall–Kier alpha value is -3.29. The van der Waals surface area contributed by atoms with Gasteiger partial charge in [-0.15, -0.1) is 0 Å². The van der Waals surface area contributed by atoms with E-state index in [4.69, 9.17) is 0 Å². The highest BCUT2D eigenvalue weighted by atomic mass is 19.1. The van der Waals surface area contributed by atoms with Crippen molar-refractivity contribution in [3.8, 4) is 0 Å². The van der Waals surface area contributed by atoms with Crippen molar-refractivity contribution < 1.29 is 23.5 Å². The van der Waals surface area contributed by atoms with Gasteiger partial charge in [0, 0.05) is 42.9 Å². The first kappa shape index (κ1) is 22.5. The smallest absolute Gasteiger partial charge is 0.306 e. The second-order valence-corrected chi connectivity index (χ2v) is 9.49. The summed E-state index contributed by atoms with van der Waals surface area (Å²) >= 11 is 0. The van der Waals surface area contributed by atoms with Crippen LogP contribution in [0.25, 0.3) is 11.0 Å². The van der Waals surface area contributed by atoms with Crippen LogP contribution in [0.2, 0.25) is 0 Å². The molecule has 0 atom stereocenters. The van der Waals surface area contributed by atoms with Crippen molar-refractivity contribution in [2.24, 2.45) is 11.8 Å². The van der Waals surface area contributed by atoms with Crippen molar-refractivity contribution in [2.75, 3.05) is 6.54 Å². The largest absolute Gasteiger partial charge is 0.481 e. The van der Waals surface area contributed by atoms with Crippen LogP contribution in [0.1, 0.15) is 48.9 Å². The Morgan fingerprint density at radius 3 is 2.53 bits per heavy atom. The molecule has 0 bridgehead atoms. The van der Waals surface area contributed by atoms with E-state index >= 15 is 0 Å². The van der Waals surface area contributed by atoms with Crippen molar-refractivity contribution in [2.45, 2.75) is 51.6 Å². The van der Waals surface area contributed by atoms with Gasteiger partial charge in [0.15, 0.2) is 0 Å². The van der Waals surface area contributed by atoms with Gasteiger partial charge < -0.3 is 14.6 Å². The van der Waals surface area contributed by atoms with Crippen molar-refractivity contribution in [1.82, 2.24) is 14.5 Å². The van der Waals surface area contributed by atoms with Gasteiger partial charge in [-0.05, 0) is 73.4 Å². The average Bonchev–Trinajstić information content (AvgIpc) is 3.12. The van der Waals surface area contributed by atoms with Gasteiger partial charge in [0.05, 0.1) is 12.5 Å². The number of halogens is 2. The molecule has 1 aliphatic heterocycles. The number of carbonyl (C=O) groups excluding carboxylic acids is 1. The quantitative estimate of drug-likeness (QED) is 0.598. The maximum atomic E-state index is 13.8. The lowest BCUT2D eigenvalue weighted by Gasteiger charge is -2.31. The van der Waals surface area contributed by atoms with Crippen LogP contribution in [-0.2, 0) is 29.1 Å². The van der Waals surface area contributed by atoms with Gasteiger partial charge in [-0.25, -0.2) is 13.8 Å². The molecule has 1 fully saturated rings. The molecule has 3 heterocycles. The summed E-state index contributed by atoms with van der Waals surface area (Å²) in [5.41, 5.74) is 3.33. The lowest BCUT2D eigenvalue weighted by atomic mass is 9.80. The van der Waals surface area contributed by atoms with E-state index in [1.165, 1.54) is 12.1 Å². The van der Waals surface area contributed by atoms with Crippen molar-refractivity contribution >= 4 is 22.9 Å². The molecule has 8 heteroatoms. The molecule has 0 radical (unpaired) electrons. The third kappa shape index (κ3) is 4.41. The van der Waals surface area contributed by atoms with Crippen molar-refractivity contribution in [3.05, 3.63) is 65.0 Å². The first-order chi connectivity index (χ1) is 16.4. The molecular formula is C26H27F2N3O3. The van der Waals surface area contributed by atoms with Crippen LogP contribution in [0.15, 0.2) is 36.5 Å². The van der Waals surface area contributed by atoms with Gasteiger partial charge >= 0.3 is 5.97 Å². The third-order valence-corrected chi connectivity index (χ3v) is 7.29. The molecule has 1 aliphatic carbocycles. The van der Waals surface area contributed by atoms with Crippen LogP contribution in [0.4, 0.5) is 8.78 Å². The van der Waals surface area contributed by atoms with E-state index in [-0.39, 0.29) is 24.3 Å². The fraction of sp³-hybridized carbons (Fsp3) is 0.423. The molecule has 178 valence electrons. The minimum atomic E-state index is -0.743. The lowest BCUT2D eigenvalue weighted by Crippen LogP contribution is -2.38. The predicted octanol–water partition coefficient (Wildman–Crippen LogP) is 4.53. The molecule has 0 saturated heterocycles. The summed E-state index contributed by atoms with van der Waals surface area (Å²) in [4.78, 5) is 30.7. The third-order valence-electron chi connectivity index (χ3n) is 7.29. The number of nitrogens with zero attached hydrogens (tertiary/aromatic N) is 3. The van der Waals surface area contributed by atoms with E-state index in [1.54, 1.807) is 6.20 Å². The Morgan fingerprint density at radius 1 is 1.09 bits per heavy atom. The summed E-state index contributed by atoms with van der Waals surface area (Å²) < 4.78 is 29.6. The standard InChI is InChI=1S/C26H27F2N3O3/c27-19-10-17(11-20(28)13-19)14-31-23-15-30(9-7-21(23)22-2-1-8-29-25(22)31)24(32)12-16-3-5-18(6-4-16)26(33)34/h1-2,8,10-11,13,16,18H,3-7,9,12,14-15H2,(H,33,34)/t16-,18-. The number of carboxylic acids is 1. The molecule has 0 unspecified atom stereocenters. The molecule has 3 aromatic rings. The highest BCUT2D eigenvalue weighted by Crippen LogP contribution is 2.34. The van der Waals surface area contributed by atoms with Gasteiger partial charge in [0.25, 0.3) is 0 Å². The molecule has 34 heavy (non-hydrogen) atoms. The Bertz CT molecular complexity index is 1230. The average molecular weight is 468 g/mol. The van der Waals surface area contributed by atoms with Gasteiger partial charge in [0.2, 0.25) is 5.91 Å². The van der Waals surface area contributed by atoms with Crippen LogP contribution in [0.5, 0.6) is 0 Å². The number of hydrogen-bond donors (Lipinski definition) is 1. The number of amides is 1. The monoisotopic (exact) mass is 467 g/mol. The molecule has 2 aromatic heterocycles. The van der Waals surface area contributed by atoms with Gasteiger partial charge in [-0.1, -0.05) is 0 Å². The normalized spacial score (nSPS) is 20.4. The van der Waals surface area contributed by atoms with E-state index in [9.17, 15) is 23.5 Å². The Kier molecular flexibility index (Phi) is 6.06. The number of aromatic nitrogens is 2. The molecule has 2 aliphatic rings. The van der Waals surface area contributed by atoms with Crippen LogP contribution in [-0.4, -0.2) is 38.0 Å². The highest BCUT2D eigenvalue weighted by molar-refractivity contribution is 5.84. The maximum absolute atomic E-state index is 13.8. The predicted molar refractivity (Wildman–Crippen MR) is 122 cm³/mol. The number of hydrogen-bond acceptors (Lipinski definition) is 3. The van der Waals surface area contributed by atoms with E-state index in [1.807, 2.05) is 21.6 Å². The number of pyridine rings is 1. The molecule has 6 nitrogen and oxygen atoms in total. The molecule has 0 spiro atoms. The Balaban J connectivity index is 1.37. The zero-order chi connectivity index (χ0) is 23.8. The van der Waals surface area contributed by atoms with Crippen LogP contribution in [0, 0.1) is 23.5 Å². The van der Waals surface area contributed by atoms with Crippen LogP contribution in [0.3, 0.4) is 0 Å². The van der Waals surface area contributed by atoms with E-state index in [2.05, 4.69) is 4.98 Å². The van der Waals surface area contributed by atoms with E-state index in [0.29, 0.717) is 44.3 Å². The van der Waals surface area contributed by atoms with Crippen LogP contribution < -0.4 is 0 Å². The molecule has 1 saturated carbocycles. The summed E-state index contributed by atoms with van der Waals surface area (Å²) in [6, 6.07) is 7.38. The number of fused-ring (bicyclic) bond motifs is 3. The van der Waals surface area contributed by atoms with Gasteiger partial charge in [0.1, 0.15) is 17.3 Å². The number of carboxylic acid groups (broad SMARTS) is 1. The fourth-order valence-electron chi connectivity index (χ4n) is 5.52. The second kappa shape index (κ2) is 9.16. The summed E-state index contributed by atoms with van der Waals surface area (Å²) in [7, 11) is 0. The topological polar surface area (TPSA) is 75.4 Å². The minimum Gasteiger partial charge on any atom is -0.481 e. The summed E-state index contributed by atoms with van der Waals surface area (Å²) in [5.74, 6) is -1.99. The summed E-state index contributed by atoms with van der Waals surface area (Å²) in [6.45, 7) is 1.30. The van der Waals surface area contributed by atoms with Gasteiger partial charge in [-0.2, -0.15) is 0 Å². The number of rotatable bonds is 5. The number of benzene rings is 1. The van der Waals surface area contributed by atoms with E-state index in [0.717, 1.165) is 41.2 Å². The highest BCUT2D eigenvalue weighted by Gasteiger charge is 2.31. The summed E-state index contributed by atoms with van der Waals surface area (Å²) in [6.07, 6.45) is 5.60. The first-order valence-electron chi connectivity index (χ1n) is 11.8. The molecule has 1 amide bonds. The zero-order valence-corrected chi connectivity index (χ0v) is 18.8. The zero-order valence-electron chi connectivity index (χ0n) is 18.8. The first-order valence-corrected chi connectivity index (χ1v) is 11.8. The molecular weight excluding hydrogens is 440 g/mol. The van der Waals surface area contributed by atoms with Crippen molar-refractivity contribution in [3.63, 3.8) is 0 Å². The van der Waals surface area contributed by atoms with Crippen LogP contribution >= 0.6 is 0 Å². The van der Waals surface area contributed by atoms with E-state index < -0.39 is 17.6 Å². The van der Waals surface area contributed by atoms with Gasteiger partial charge in [-0.3, -0.25) is 9.59 Å². The Morgan fingerprint density at radius 2 is 1.82 bits per heavy atom. The minimum absolute atomic E-state index is 0.0750. The molecule has 1 N–H and O–H groups in total. The second-order valence-electron chi connectivity index (χ2n) is 9.49. The molecule has 1 aromatic carbocycles. The lowest BCUT2D eigenvalue weighted by molar-refractivity contribution is -0.143. The summed E-state index contributed by atoms with van der Waals surface area (Å²) in [5, 5.41) is 10.2. The maximum Gasteiger partial charge on any atom is 0.306 e.